The molecule has 1 aromatic rings. The first-order chi connectivity index (χ1) is 9.54. The third-order valence-corrected chi connectivity index (χ3v) is 4.24. The summed E-state index contributed by atoms with van der Waals surface area (Å²) in [6.45, 7) is 13.7. The van der Waals surface area contributed by atoms with Crippen LogP contribution in [-0.4, -0.2) is 30.6 Å². The Morgan fingerprint density at radius 1 is 1.15 bits per heavy atom. The Bertz CT molecular complexity index is 394. The smallest absolute Gasteiger partial charge is 0.0233 e. The van der Waals surface area contributed by atoms with Crippen molar-refractivity contribution in [2.45, 2.75) is 52.6 Å². The summed E-state index contributed by atoms with van der Waals surface area (Å²) < 4.78 is 0. The standard InChI is InChI=1S/C18H30N2/c1-14(2)18-7-5-16(6-8-18)12-20-10-9-17(13-20)11-19-15(3)4/h5-8,14-15,17,19H,9-13H2,1-4H3. The minimum Gasteiger partial charge on any atom is -0.314 e. The molecule has 0 saturated carbocycles. The minimum atomic E-state index is 0.604. The first-order valence-corrected chi connectivity index (χ1v) is 8.09. The number of hydrogen-bond donors (Lipinski definition) is 1. The van der Waals surface area contributed by atoms with E-state index in [9.17, 15) is 0 Å². The van der Waals surface area contributed by atoms with Crippen LogP contribution >= 0.6 is 0 Å². The zero-order valence-corrected chi connectivity index (χ0v) is 13.5. The summed E-state index contributed by atoms with van der Waals surface area (Å²) in [4.78, 5) is 2.59. The largest absolute Gasteiger partial charge is 0.314 e. The van der Waals surface area contributed by atoms with Crippen molar-refractivity contribution in [2.24, 2.45) is 5.92 Å². The maximum atomic E-state index is 3.57. The van der Waals surface area contributed by atoms with Crippen LogP contribution in [0.2, 0.25) is 0 Å². The van der Waals surface area contributed by atoms with E-state index < -0.39 is 0 Å². The fourth-order valence-corrected chi connectivity index (χ4v) is 2.89. The van der Waals surface area contributed by atoms with Crippen LogP contribution in [0.15, 0.2) is 24.3 Å². The number of nitrogens with one attached hydrogen (secondary N) is 1. The van der Waals surface area contributed by atoms with Crippen LogP contribution < -0.4 is 5.32 Å². The van der Waals surface area contributed by atoms with Gasteiger partial charge in [-0.25, -0.2) is 0 Å². The van der Waals surface area contributed by atoms with Gasteiger partial charge in [-0.1, -0.05) is 52.0 Å². The molecular weight excluding hydrogens is 244 g/mol. The quantitative estimate of drug-likeness (QED) is 0.852. The predicted octanol–water partition coefficient (Wildman–Crippen LogP) is 3.63. The van der Waals surface area contributed by atoms with Gasteiger partial charge in [-0.15, -0.1) is 0 Å². The number of likely N-dealkylation sites (tertiary alicyclic amines) is 1. The average Bonchev–Trinajstić information content (AvgIpc) is 2.84. The van der Waals surface area contributed by atoms with Crippen molar-refractivity contribution in [2.75, 3.05) is 19.6 Å². The van der Waals surface area contributed by atoms with Crippen molar-refractivity contribution in [1.82, 2.24) is 10.2 Å². The number of benzene rings is 1. The maximum absolute atomic E-state index is 3.57. The molecule has 1 saturated heterocycles. The fourth-order valence-electron chi connectivity index (χ4n) is 2.89. The molecule has 112 valence electrons. The van der Waals surface area contributed by atoms with Gasteiger partial charge < -0.3 is 5.32 Å². The van der Waals surface area contributed by atoms with Crippen LogP contribution in [-0.2, 0) is 6.54 Å². The molecule has 2 rings (SSSR count). The minimum absolute atomic E-state index is 0.604. The molecule has 2 nitrogen and oxygen atoms in total. The van der Waals surface area contributed by atoms with Crippen molar-refractivity contribution < 1.29 is 0 Å². The normalized spacial score (nSPS) is 20.2. The molecule has 1 aliphatic heterocycles. The molecule has 0 aliphatic carbocycles. The van der Waals surface area contributed by atoms with E-state index in [1.54, 1.807) is 0 Å². The van der Waals surface area contributed by atoms with Gasteiger partial charge in [-0.2, -0.15) is 0 Å². The molecule has 0 spiro atoms. The van der Waals surface area contributed by atoms with Crippen LogP contribution in [0, 0.1) is 5.92 Å². The third kappa shape index (κ3) is 4.60. The molecule has 0 aromatic heterocycles. The van der Waals surface area contributed by atoms with Crippen LogP contribution in [0.3, 0.4) is 0 Å². The SMILES string of the molecule is CC(C)NCC1CCN(Cc2ccc(C(C)C)cc2)C1. The van der Waals surface area contributed by atoms with E-state index >= 15 is 0 Å². The van der Waals surface area contributed by atoms with Crippen LogP contribution in [0.25, 0.3) is 0 Å². The predicted molar refractivity (Wildman–Crippen MR) is 87.1 cm³/mol. The Morgan fingerprint density at radius 3 is 2.45 bits per heavy atom. The second kappa shape index (κ2) is 7.24. The van der Waals surface area contributed by atoms with Gasteiger partial charge in [-0.3, -0.25) is 4.90 Å². The average molecular weight is 274 g/mol. The van der Waals surface area contributed by atoms with Crippen molar-refractivity contribution in [3.8, 4) is 0 Å². The van der Waals surface area contributed by atoms with Gasteiger partial charge in [0, 0.05) is 19.1 Å². The second-order valence-electron chi connectivity index (χ2n) is 6.85. The first kappa shape index (κ1) is 15.5. The highest BCUT2D eigenvalue weighted by atomic mass is 15.1. The summed E-state index contributed by atoms with van der Waals surface area (Å²) in [5.74, 6) is 1.45. The lowest BCUT2D eigenvalue weighted by atomic mass is 10.0. The molecule has 0 bridgehead atoms. The zero-order chi connectivity index (χ0) is 14.5. The van der Waals surface area contributed by atoms with Crippen molar-refractivity contribution >= 4 is 0 Å². The van der Waals surface area contributed by atoms with E-state index in [1.165, 1.54) is 37.2 Å². The Morgan fingerprint density at radius 2 is 1.85 bits per heavy atom. The molecule has 1 fully saturated rings. The summed E-state index contributed by atoms with van der Waals surface area (Å²) >= 11 is 0. The van der Waals surface area contributed by atoms with Gasteiger partial charge in [0.05, 0.1) is 0 Å². The van der Waals surface area contributed by atoms with Crippen molar-refractivity contribution in [3.63, 3.8) is 0 Å². The molecule has 2 heteroatoms. The molecule has 1 aliphatic rings. The monoisotopic (exact) mass is 274 g/mol. The van der Waals surface area contributed by atoms with Crippen molar-refractivity contribution in [1.29, 1.82) is 0 Å². The zero-order valence-electron chi connectivity index (χ0n) is 13.5. The van der Waals surface area contributed by atoms with E-state index in [-0.39, 0.29) is 0 Å². The van der Waals surface area contributed by atoms with Crippen LogP contribution in [0.1, 0.15) is 51.2 Å². The van der Waals surface area contributed by atoms with Gasteiger partial charge in [0.2, 0.25) is 0 Å². The Balaban J connectivity index is 1.79. The molecule has 0 radical (unpaired) electrons. The van der Waals surface area contributed by atoms with Crippen LogP contribution in [0.5, 0.6) is 0 Å². The number of nitrogens with zero attached hydrogens (tertiary/aromatic N) is 1. The summed E-state index contributed by atoms with van der Waals surface area (Å²) in [5, 5.41) is 3.57. The van der Waals surface area contributed by atoms with E-state index in [0.29, 0.717) is 12.0 Å². The first-order valence-electron chi connectivity index (χ1n) is 8.09. The Labute approximate surface area is 124 Å². The lowest BCUT2D eigenvalue weighted by Gasteiger charge is -2.17. The van der Waals surface area contributed by atoms with Gasteiger partial charge >= 0.3 is 0 Å². The topological polar surface area (TPSA) is 15.3 Å². The second-order valence-corrected chi connectivity index (χ2v) is 6.85. The molecule has 20 heavy (non-hydrogen) atoms. The van der Waals surface area contributed by atoms with E-state index in [2.05, 4.69) is 62.2 Å². The number of hydrogen-bond acceptors (Lipinski definition) is 2. The lowest BCUT2D eigenvalue weighted by molar-refractivity contribution is 0.312. The highest BCUT2D eigenvalue weighted by Crippen LogP contribution is 2.20. The van der Waals surface area contributed by atoms with Gasteiger partial charge in [0.15, 0.2) is 0 Å². The van der Waals surface area contributed by atoms with E-state index in [4.69, 9.17) is 0 Å². The Hall–Kier alpha value is -0.860. The summed E-state index contributed by atoms with van der Waals surface area (Å²) in [6, 6.07) is 9.78. The summed E-state index contributed by atoms with van der Waals surface area (Å²) in [5.41, 5.74) is 2.89. The highest BCUT2D eigenvalue weighted by molar-refractivity contribution is 5.24. The molecular formula is C18H30N2. The van der Waals surface area contributed by atoms with Gasteiger partial charge in [0.1, 0.15) is 0 Å². The van der Waals surface area contributed by atoms with Crippen molar-refractivity contribution in [3.05, 3.63) is 35.4 Å². The van der Waals surface area contributed by atoms with E-state index in [0.717, 1.165) is 12.5 Å². The van der Waals surface area contributed by atoms with Crippen LogP contribution in [0.4, 0.5) is 0 Å². The molecule has 1 aromatic carbocycles. The fraction of sp³-hybridized carbons (Fsp3) is 0.667. The highest BCUT2D eigenvalue weighted by Gasteiger charge is 2.22. The number of rotatable bonds is 6. The van der Waals surface area contributed by atoms with Gasteiger partial charge in [0.25, 0.3) is 0 Å². The molecule has 0 amide bonds. The summed E-state index contributed by atoms with van der Waals surface area (Å²) in [7, 11) is 0. The maximum Gasteiger partial charge on any atom is 0.0233 e. The molecule has 1 unspecified atom stereocenters. The lowest BCUT2D eigenvalue weighted by Crippen LogP contribution is -2.30. The third-order valence-electron chi connectivity index (χ3n) is 4.24. The van der Waals surface area contributed by atoms with Gasteiger partial charge in [-0.05, 0) is 42.5 Å². The summed E-state index contributed by atoms with van der Waals surface area (Å²) in [6.07, 6.45) is 1.34. The Kier molecular flexibility index (Phi) is 5.62. The molecule has 1 heterocycles. The molecule has 1 atom stereocenters. The molecule has 1 N–H and O–H groups in total. The van der Waals surface area contributed by atoms with E-state index in [1.807, 2.05) is 0 Å².